The Kier molecular flexibility index (Phi) is 4.38. The molecule has 23 heavy (non-hydrogen) atoms. The van der Waals surface area contributed by atoms with Crippen molar-refractivity contribution in [2.75, 3.05) is 13.1 Å². The van der Waals surface area contributed by atoms with Gasteiger partial charge in [-0.3, -0.25) is 0 Å². The lowest BCUT2D eigenvalue weighted by molar-refractivity contribution is 0.0411. The number of benzene rings is 1. The van der Waals surface area contributed by atoms with Gasteiger partial charge >= 0.3 is 0 Å². The number of hydrogen-bond donors (Lipinski definition) is 1. The van der Waals surface area contributed by atoms with Crippen molar-refractivity contribution in [3.8, 4) is 11.8 Å². The molecule has 1 aromatic heterocycles. The quantitative estimate of drug-likeness (QED) is 0.497. The van der Waals surface area contributed by atoms with Crippen molar-refractivity contribution in [3.63, 3.8) is 0 Å². The van der Waals surface area contributed by atoms with Crippen LogP contribution in [0, 0.1) is 17.0 Å². The molecule has 0 saturated carbocycles. The molecular weight excluding hydrogens is 312 g/mol. The molecule has 5 heteroatoms. The van der Waals surface area contributed by atoms with Gasteiger partial charge in [-0.15, -0.1) is 0 Å². The number of quaternary nitrogens is 1. The molecule has 0 unspecified atom stereocenters. The standard InChI is InChI=1S/C18H17ClN2O2/c19-16-5-3-4-15(14-16)7-8-18(22)9-12-21(23,13-10-18)17-6-1-2-11-20-17/h1-6,11,14,22H,9-10,12-13H2. The van der Waals surface area contributed by atoms with Crippen molar-refractivity contribution in [1.82, 2.24) is 9.63 Å². The first-order valence-corrected chi connectivity index (χ1v) is 7.88. The molecule has 0 spiro atoms. The first kappa shape index (κ1) is 16.0. The minimum Gasteiger partial charge on any atom is -0.626 e. The van der Waals surface area contributed by atoms with E-state index in [2.05, 4.69) is 16.8 Å². The minimum absolute atomic E-state index is 0.262. The normalized spacial score (nSPS) is 27.1. The molecule has 1 fully saturated rings. The van der Waals surface area contributed by atoms with E-state index in [0.29, 0.717) is 23.7 Å². The van der Waals surface area contributed by atoms with Gasteiger partial charge < -0.3 is 15.0 Å². The highest BCUT2D eigenvalue weighted by Gasteiger charge is 2.37. The molecule has 3 rings (SSSR count). The highest BCUT2D eigenvalue weighted by Crippen LogP contribution is 2.30. The van der Waals surface area contributed by atoms with Crippen LogP contribution < -0.4 is 4.65 Å². The van der Waals surface area contributed by atoms with Crippen LogP contribution in [0.3, 0.4) is 0 Å². The van der Waals surface area contributed by atoms with Crippen LogP contribution in [0.4, 0.5) is 5.82 Å². The zero-order chi connectivity index (χ0) is 16.3. The van der Waals surface area contributed by atoms with Crippen molar-refractivity contribution < 1.29 is 5.11 Å². The average molecular weight is 329 g/mol. The summed E-state index contributed by atoms with van der Waals surface area (Å²) in [6, 6.07) is 12.5. The van der Waals surface area contributed by atoms with Crippen LogP contribution in [-0.4, -0.2) is 28.8 Å². The lowest BCUT2D eigenvalue weighted by Gasteiger charge is -2.46. The maximum absolute atomic E-state index is 12.8. The zero-order valence-corrected chi connectivity index (χ0v) is 13.3. The van der Waals surface area contributed by atoms with E-state index in [4.69, 9.17) is 11.6 Å². The third kappa shape index (κ3) is 3.72. The topological polar surface area (TPSA) is 56.2 Å². The summed E-state index contributed by atoms with van der Waals surface area (Å²) in [5, 5.41) is 24.0. The van der Waals surface area contributed by atoms with E-state index in [1.54, 1.807) is 36.5 Å². The summed E-state index contributed by atoms with van der Waals surface area (Å²) in [5.74, 6) is 6.35. The van der Waals surface area contributed by atoms with Crippen molar-refractivity contribution in [2.45, 2.75) is 18.4 Å². The van der Waals surface area contributed by atoms with Crippen LogP contribution >= 0.6 is 11.6 Å². The Morgan fingerprint density at radius 3 is 2.61 bits per heavy atom. The largest absolute Gasteiger partial charge is 0.626 e. The molecular formula is C18H17ClN2O2. The third-order valence-corrected chi connectivity index (χ3v) is 4.34. The van der Waals surface area contributed by atoms with Gasteiger partial charge in [0, 0.05) is 35.7 Å². The zero-order valence-electron chi connectivity index (χ0n) is 12.6. The summed E-state index contributed by atoms with van der Waals surface area (Å²) in [5.41, 5.74) is -0.382. The van der Waals surface area contributed by atoms with Crippen molar-refractivity contribution >= 4 is 17.4 Å². The Bertz CT molecular complexity index is 744. The fourth-order valence-corrected chi connectivity index (χ4v) is 2.86. The van der Waals surface area contributed by atoms with Gasteiger partial charge in [0.05, 0.1) is 13.1 Å². The number of halogens is 1. The van der Waals surface area contributed by atoms with E-state index in [9.17, 15) is 10.3 Å². The average Bonchev–Trinajstić information content (AvgIpc) is 2.57. The number of aliphatic hydroxyl groups is 1. The number of hydrogen-bond acceptors (Lipinski definition) is 3. The second-order valence-electron chi connectivity index (χ2n) is 5.82. The molecule has 1 N–H and O–H groups in total. The van der Waals surface area contributed by atoms with Crippen LogP contribution in [-0.2, 0) is 0 Å². The van der Waals surface area contributed by atoms with Gasteiger partial charge in [0.15, 0.2) is 0 Å². The third-order valence-electron chi connectivity index (χ3n) is 4.10. The molecule has 0 atom stereocenters. The predicted molar refractivity (Wildman–Crippen MR) is 91.6 cm³/mol. The van der Waals surface area contributed by atoms with Crippen molar-refractivity contribution in [1.29, 1.82) is 0 Å². The summed E-state index contributed by atoms with van der Waals surface area (Å²) in [7, 11) is 0. The van der Waals surface area contributed by atoms with Crippen molar-refractivity contribution in [3.05, 3.63) is 64.5 Å². The molecule has 1 aromatic carbocycles. The van der Waals surface area contributed by atoms with Gasteiger partial charge in [0.25, 0.3) is 0 Å². The summed E-state index contributed by atoms with van der Waals surface area (Å²) in [6.45, 7) is 0.523. The molecule has 1 aliphatic heterocycles. The summed E-state index contributed by atoms with van der Waals surface area (Å²) in [6.07, 6.45) is 2.26. The van der Waals surface area contributed by atoms with E-state index in [0.717, 1.165) is 5.56 Å². The fourth-order valence-electron chi connectivity index (χ4n) is 2.67. The van der Waals surface area contributed by atoms with Gasteiger partial charge in [-0.1, -0.05) is 35.6 Å². The van der Waals surface area contributed by atoms with Gasteiger partial charge in [0.2, 0.25) is 5.82 Å². The maximum atomic E-state index is 12.8. The van der Waals surface area contributed by atoms with Gasteiger partial charge in [-0.05, 0) is 24.3 Å². The second kappa shape index (κ2) is 6.31. The van der Waals surface area contributed by atoms with E-state index in [1.807, 2.05) is 12.1 Å². The number of aromatic nitrogens is 1. The number of hydroxylamine groups is 2. The molecule has 4 nitrogen and oxygen atoms in total. The van der Waals surface area contributed by atoms with Crippen molar-refractivity contribution in [2.24, 2.45) is 0 Å². The number of rotatable bonds is 1. The first-order chi connectivity index (χ1) is 11.0. The van der Waals surface area contributed by atoms with E-state index in [1.165, 1.54) is 0 Å². The Hall–Kier alpha value is -1.90. The molecule has 0 amide bonds. The molecule has 1 aliphatic rings. The number of piperidine rings is 1. The van der Waals surface area contributed by atoms with Crippen LogP contribution in [0.2, 0.25) is 5.02 Å². The van der Waals surface area contributed by atoms with Gasteiger partial charge in [-0.25, -0.2) is 4.98 Å². The van der Waals surface area contributed by atoms with Crippen LogP contribution in [0.25, 0.3) is 0 Å². The van der Waals surface area contributed by atoms with Crippen LogP contribution in [0.5, 0.6) is 0 Å². The lowest BCUT2D eigenvalue weighted by Crippen LogP contribution is -2.54. The molecule has 0 aliphatic carbocycles. The predicted octanol–water partition coefficient (Wildman–Crippen LogP) is 3.12. The molecule has 2 aromatic rings. The van der Waals surface area contributed by atoms with Gasteiger partial charge in [0.1, 0.15) is 5.60 Å². The Labute approximate surface area is 140 Å². The van der Waals surface area contributed by atoms with E-state index < -0.39 is 10.2 Å². The maximum Gasteiger partial charge on any atom is 0.227 e. The fraction of sp³-hybridized carbons (Fsp3) is 0.278. The number of pyridine rings is 1. The summed E-state index contributed by atoms with van der Waals surface area (Å²) < 4.78 is -0.512. The van der Waals surface area contributed by atoms with Crippen LogP contribution in [0.15, 0.2) is 48.7 Å². The van der Waals surface area contributed by atoms with E-state index >= 15 is 0 Å². The number of nitrogens with zero attached hydrogens (tertiary/aromatic N) is 2. The van der Waals surface area contributed by atoms with Crippen LogP contribution in [0.1, 0.15) is 18.4 Å². The highest BCUT2D eigenvalue weighted by molar-refractivity contribution is 6.30. The molecule has 118 valence electrons. The smallest absolute Gasteiger partial charge is 0.227 e. The second-order valence-corrected chi connectivity index (χ2v) is 6.25. The Balaban J connectivity index is 1.73. The SMILES string of the molecule is [O-][N+]1(c2ccccn2)CCC(O)(C#Cc2cccc(Cl)c2)CC1. The highest BCUT2D eigenvalue weighted by atomic mass is 35.5. The van der Waals surface area contributed by atoms with E-state index in [-0.39, 0.29) is 13.1 Å². The van der Waals surface area contributed by atoms with Gasteiger partial charge in [-0.2, -0.15) is 0 Å². The minimum atomic E-state index is -1.14. The molecule has 0 bridgehead atoms. The molecule has 0 radical (unpaired) electrons. The Morgan fingerprint density at radius 2 is 1.96 bits per heavy atom. The summed E-state index contributed by atoms with van der Waals surface area (Å²) >= 11 is 5.93. The lowest BCUT2D eigenvalue weighted by atomic mass is 9.91. The molecule has 2 heterocycles. The Morgan fingerprint density at radius 1 is 1.17 bits per heavy atom. The molecule has 1 saturated heterocycles. The monoisotopic (exact) mass is 328 g/mol. The first-order valence-electron chi connectivity index (χ1n) is 7.50. The summed E-state index contributed by atoms with van der Waals surface area (Å²) in [4.78, 5) is 4.15.